The fraction of sp³-hybridized carbons (Fsp3) is 1.00. The molecule has 0 aliphatic carbocycles. The van der Waals surface area contributed by atoms with Crippen molar-refractivity contribution in [1.29, 1.82) is 0 Å². The number of ether oxygens (including phenoxy) is 4. The van der Waals surface area contributed by atoms with E-state index in [1.807, 2.05) is 13.8 Å². The van der Waals surface area contributed by atoms with Gasteiger partial charge in [-0.3, -0.25) is 0 Å². The molecule has 1 heterocycles. The van der Waals surface area contributed by atoms with Gasteiger partial charge >= 0.3 is 0 Å². The number of hydrogen-bond acceptors (Lipinski definition) is 4. The highest BCUT2D eigenvalue weighted by Crippen LogP contribution is 2.25. The molecule has 1 aliphatic rings. The second-order valence-electron chi connectivity index (χ2n) is 3.20. The summed E-state index contributed by atoms with van der Waals surface area (Å²) in [5, 5.41) is 0. The maximum atomic E-state index is 5.38. The van der Waals surface area contributed by atoms with Gasteiger partial charge in [0, 0.05) is 7.11 Å². The van der Waals surface area contributed by atoms with Gasteiger partial charge < -0.3 is 18.9 Å². The second kappa shape index (κ2) is 5.54. The zero-order valence-electron chi connectivity index (χ0n) is 8.49. The predicted molar refractivity (Wildman–Crippen MR) is 47.6 cm³/mol. The van der Waals surface area contributed by atoms with Gasteiger partial charge in [-0.05, 0) is 13.8 Å². The van der Waals surface area contributed by atoms with Crippen molar-refractivity contribution in [3.63, 3.8) is 0 Å². The molecule has 0 aromatic rings. The van der Waals surface area contributed by atoms with E-state index in [0.717, 1.165) is 0 Å². The van der Waals surface area contributed by atoms with Crippen LogP contribution in [0.15, 0.2) is 0 Å². The van der Waals surface area contributed by atoms with Crippen LogP contribution in [0.3, 0.4) is 0 Å². The van der Waals surface area contributed by atoms with Crippen LogP contribution >= 0.6 is 0 Å². The van der Waals surface area contributed by atoms with Gasteiger partial charge in [-0.2, -0.15) is 0 Å². The summed E-state index contributed by atoms with van der Waals surface area (Å²) in [5.74, 6) is 0. The molecule has 78 valence electrons. The Morgan fingerprint density at radius 3 is 2.62 bits per heavy atom. The maximum absolute atomic E-state index is 5.38. The van der Waals surface area contributed by atoms with Crippen molar-refractivity contribution in [1.82, 2.24) is 0 Å². The predicted octanol–water partition coefficient (Wildman–Crippen LogP) is 0.799. The van der Waals surface area contributed by atoms with Crippen LogP contribution < -0.4 is 0 Å². The average molecular weight is 190 g/mol. The standard InChI is InChI=1S/C9H18O4/c1-7(9-8(2)13-9)12-6-11-5-4-10-3/h7-9H,4-6H2,1-3H3/t7-,8-,9-/m1/s1. The highest BCUT2D eigenvalue weighted by atomic mass is 16.7. The van der Waals surface area contributed by atoms with E-state index in [1.165, 1.54) is 0 Å². The van der Waals surface area contributed by atoms with E-state index in [0.29, 0.717) is 26.1 Å². The molecule has 0 spiro atoms. The normalized spacial score (nSPS) is 28.8. The summed E-state index contributed by atoms with van der Waals surface area (Å²) in [6, 6.07) is 0. The van der Waals surface area contributed by atoms with E-state index in [1.54, 1.807) is 7.11 Å². The lowest BCUT2D eigenvalue weighted by atomic mass is 10.2. The highest BCUT2D eigenvalue weighted by Gasteiger charge is 2.39. The summed E-state index contributed by atoms with van der Waals surface area (Å²) in [5.41, 5.74) is 0. The van der Waals surface area contributed by atoms with Crippen LogP contribution in [0.25, 0.3) is 0 Å². The lowest BCUT2D eigenvalue weighted by Gasteiger charge is -2.10. The molecule has 13 heavy (non-hydrogen) atoms. The minimum atomic E-state index is 0.123. The molecule has 1 rings (SSSR count). The molecule has 1 fully saturated rings. The first-order valence-electron chi connectivity index (χ1n) is 4.59. The summed E-state index contributed by atoms with van der Waals surface area (Å²) < 4.78 is 20.6. The van der Waals surface area contributed by atoms with Crippen molar-refractivity contribution in [2.24, 2.45) is 0 Å². The molecule has 1 aliphatic heterocycles. The molecule has 4 heteroatoms. The highest BCUT2D eigenvalue weighted by molar-refractivity contribution is 4.85. The minimum Gasteiger partial charge on any atom is -0.382 e. The summed E-state index contributed by atoms with van der Waals surface area (Å²) in [7, 11) is 1.65. The topological polar surface area (TPSA) is 40.2 Å². The third-order valence-corrected chi connectivity index (χ3v) is 2.07. The molecule has 0 aromatic heterocycles. The first-order valence-corrected chi connectivity index (χ1v) is 4.59. The van der Waals surface area contributed by atoms with Crippen LogP contribution in [-0.2, 0) is 18.9 Å². The van der Waals surface area contributed by atoms with E-state index in [9.17, 15) is 0 Å². The van der Waals surface area contributed by atoms with Crippen LogP contribution in [0.5, 0.6) is 0 Å². The monoisotopic (exact) mass is 190 g/mol. The molecule has 1 saturated heterocycles. The Labute approximate surface area is 79.1 Å². The number of methoxy groups -OCH3 is 1. The van der Waals surface area contributed by atoms with Gasteiger partial charge in [-0.15, -0.1) is 0 Å². The van der Waals surface area contributed by atoms with Crippen LogP contribution in [0.2, 0.25) is 0 Å². The molecule has 0 aromatic carbocycles. The SMILES string of the molecule is COCCOCO[C@H](C)[C@H]1O[C@@H]1C. The molecule has 3 atom stereocenters. The summed E-state index contributed by atoms with van der Waals surface area (Å²) >= 11 is 0. The molecule has 0 radical (unpaired) electrons. The summed E-state index contributed by atoms with van der Waals surface area (Å²) in [6.45, 7) is 5.53. The molecule has 0 bridgehead atoms. The Balaban J connectivity index is 1.87. The van der Waals surface area contributed by atoms with Crippen LogP contribution in [0, 0.1) is 0 Å². The smallest absolute Gasteiger partial charge is 0.147 e. The van der Waals surface area contributed by atoms with E-state index < -0.39 is 0 Å². The van der Waals surface area contributed by atoms with Gasteiger partial charge in [0.2, 0.25) is 0 Å². The minimum absolute atomic E-state index is 0.123. The third kappa shape index (κ3) is 4.04. The van der Waals surface area contributed by atoms with Crippen molar-refractivity contribution in [3.8, 4) is 0 Å². The first-order chi connectivity index (χ1) is 6.25. The largest absolute Gasteiger partial charge is 0.382 e. The Morgan fingerprint density at radius 1 is 1.38 bits per heavy atom. The van der Waals surface area contributed by atoms with Crippen molar-refractivity contribution in [2.45, 2.75) is 32.2 Å². The molecular weight excluding hydrogens is 172 g/mol. The fourth-order valence-corrected chi connectivity index (χ4v) is 1.15. The molecular formula is C9H18O4. The molecule has 4 nitrogen and oxygen atoms in total. The second-order valence-corrected chi connectivity index (χ2v) is 3.20. The van der Waals surface area contributed by atoms with Gasteiger partial charge in [0.25, 0.3) is 0 Å². The van der Waals surface area contributed by atoms with E-state index in [-0.39, 0.29) is 12.2 Å². The zero-order valence-corrected chi connectivity index (χ0v) is 8.49. The summed E-state index contributed by atoms with van der Waals surface area (Å²) in [4.78, 5) is 0. The van der Waals surface area contributed by atoms with Gasteiger partial charge in [-0.1, -0.05) is 0 Å². The Hall–Kier alpha value is -0.160. The zero-order chi connectivity index (χ0) is 9.68. The average Bonchev–Trinajstić information content (AvgIpc) is 2.82. The van der Waals surface area contributed by atoms with Crippen molar-refractivity contribution >= 4 is 0 Å². The first kappa shape index (κ1) is 10.9. The van der Waals surface area contributed by atoms with Gasteiger partial charge in [0.1, 0.15) is 12.9 Å². The quantitative estimate of drug-likeness (QED) is 0.338. The number of epoxide rings is 1. The van der Waals surface area contributed by atoms with E-state index in [4.69, 9.17) is 18.9 Å². The molecule has 0 saturated carbocycles. The van der Waals surface area contributed by atoms with E-state index in [2.05, 4.69) is 0 Å². The number of rotatable bonds is 7. The van der Waals surface area contributed by atoms with Gasteiger partial charge in [-0.25, -0.2) is 0 Å². The van der Waals surface area contributed by atoms with Crippen LogP contribution in [0.4, 0.5) is 0 Å². The lowest BCUT2D eigenvalue weighted by Crippen LogP contribution is -2.19. The molecule has 0 unspecified atom stereocenters. The van der Waals surface area contributed by atoms with Crippen LogP contribution in [-0.4, -0.2) is 45.4 Å². The van der Waals surface area contributed by atoms with E-state index >= 15 is 0 Å². The Kier molecular flexibility index (Phi) is 4.66. The van der Waals surface area contributed by atoms with Crippen molar-refractivity contribution in [2.75, 3.05) is 27.1 Å². The third-order valence-electron chi connectivity index (χ3n) is 2.07. The molecule has 0 amide bonds. The molecule has 0 N–H and O–H groups in total. The maximum Gasteiger partial charge on any atom is 0.147 e. The lowest BCUT2D eigenvalue weighted by molar-refractivity contribution is -0.0979. The fourth-order valence-electron chi connectivity index (χ4n) is 1.15. The summed E-state index contributed by atoms with van der Waals surface area (Å²) in [6.07, 6.45) is 0.720. The Bertz CT molecular complexity index is 140. The van der Waals surface area contributed by atoms with Crippen LogP contribution in [0.1, 0.15) is 13.8 Å². The van der Waals surface area contributed by atoms with Gasteiger partial charge in [0.15, 0.2) is 0 Å². The van der Waals surface area contributed by atoms with Crippen molar-refractivity contribution in [3.05, 3.63) is 0 Å². The van der Waals surface area contributed by atoms with Crippen molar-refractivity contribution < 1.29 is 18.9 Å². The Morgan fingerprint density at radius 2 is 2.08 bits per heavy atom. The number of hydrogen-bond donors (Lipinski definition) is 0. The van der Waals surface area contributed by atoms with Gasteiger partial charge in [0.05, 0.1) is 25.4 Å².